The topological polar surface area (TPSA) is 64.3 Å². The summed E-state index contributed by atoms with van der Waals surface area (Å²) in [7, 11) is 0. The summed E-state index contributed by atoms with van der Waals surface area (Å²) in [6, 6.07) is 15.7. The molecule has 0 bridgehead atoms. The fourth-order valence-corrected chi connectivity index (χ4v) is 5.04. The zero-order valence-electron chi connectivity index (χ0n) is 14.6. The number of aryl methyl sites for hydroxylation is 1. The van der Waals surface area contributed by atoms with E-state index in [4.69, 9.17) is 0 Å². The lowest BCUT2D eigenvalue weighted by Gasteiger charge is -2.38. The highest BCUT2D eigenvalue weighted by molar-refractivity contribution is 8.03. The Hall–Kier alpha value is -2.62. The van der Waals surface area contributed by atoms with Gasteiger partial charge in [-0.05, 0) is 18.6 Å². The number of fused-ring (bicyclic) bond motifs is 1. The van der Waals surface area contributed by atoms with E-state index >= 15 is 0 Å². The summed E-state index contributed by atoms with van der Waals surface area (Å²) in [6.07, 6.45) is -0.0535. The summed E-state index contributed by atoms with van der Waals surface area (Å²) in [5.74, 6) is -1.16. The number of halogens is 1. The van der Waals surface area contributed by atoms with Crippen LogP contribution >= 0.6 is 11.8 Å². The molecule has 1 amide bonds. The van der Waals surface area contributed by atoms with Gasteiger partial charge in [0.1, 0.15) is 5.82 Å². The van der Waals surface area contributed by atoms with Crippen molar-refractivity contribution in [3.8, 4) is 6.07 Å². The van der Waals surface area contributed by atoms with Gasteiger partial charge in [0.15, 0.2) is 5.72 Å². The van der Waals surface area contributed by atoms with Crippen LogP contribution in [0.1, 0.15) is 29.0 Å². The maximum Gasteiger partial charge on any atom is 0.231 e. The van der Waals surface area contributed by atoms with Crippen molar-refractivity contribution < 1.29 is 14.3 Å². The molecule has 2 aliphatic rings. The minimum Gasteiger partial charge on any atom is -0.366 e. The van der Waals surface area contributed by atoms with Crippen LogP contribution in [0.25, 0.3) is 0 Å². The van der Waals surface area contributed by atoms with Gasteiger partial charge >= 0.3 is 0 Å². The Morgan fingerprint density at radius 2 is 1.96 bits per heavy atom. The van der Waals surface area contributed by atoms with E-state index in [1.165, 1.54) is 22.7 Å². The number of aliphatic hydroxyl groups is 1. The number of nitrogens with zero attached hydrogens (tertiary/aromatic N) is 2. The fourth-order valence-electron chi connectivity index (χ4n) is 3.68. The number of amides is 1. The first-order chi connectivity index (χ1) is 13.0. The minimum atomic E-state index is -1.51. The van der Waals surface area contributed by atoms with E-state index in [0.717, 1.165) is 5.56 Å². The molecule has 136 valence electrons. The van der Waals surface area contributed by atoms with Crippen molar-refractivity contribution >= 4 is 17.7 Å². The Bertz CT molecular complexity index is 996. The second kappa shape index (κ2) is 6.52. The molecule has 0 radical (unpaired) electrons. The van der Waals surface area contributed by atoms with Gasteiger partial charge in [0.05, 0.1) is 22.4 Å². The maximum absolute atomic E-state index is 14.3. The number of carbonyl (C=O) groups excluding carboxylic acids is 1. The molecule has 0 aromatic heterocycles. The lowest BCUT2D eigenvalue weighted by Crippen LogP contribution is -2.48. The third-order valence-electron chi connectivity index (χ3n) is 5.11. The summed E-state index contributed by atoms with van der Waals surface area (Å²) in [6.45, 7) is 1.95. The number of hydrogen-bond donors (Lipinski definition) is 1. The van der Waals surface area contributed by atoms with Gasteiger partial charge in [-0.15, -0.1) is 11.8 Å². The Morgan fingerprint density at radius 3 is 2.63 bits per heavy atom. The van der Waals surface area contributed by atoms with Crippen molar-refractivity contribution in [1.82, 2.24) is 4.90 Å². The molecule has 0 unspecified atom stereocenters. The van der Waals surface area contributed by atoms with Crippen LogP contribution in [0.4, 0.5) is 4.39 Å². The van der Waals surface area contributed by atoms with Gasteiger partial charge in [-0.25, -0.2) is 4.39 Å². The average Bonchev–Trinajstić information content (AvgIpc) is 3.02. The average molecular weight is 380 g/mol. The molecule has 2 aromatic rings. The molecule has 6 heteroatoms. The number of hydrogen-bond acceptors (Lipinski definition) is 4. The lowest BCUT2D eigenvalue weighted by atomic mass is 9.85. The Morgan fingerprint density at radius 1 is 1.26 bits per heavy atom. The van der Waals surface area contributed by atoms with Crippen molar-refractivity contribution in [3.05, 3.63) is 81.6 Å². The number of allylic oxidation sites excluding steroid dienone is 1. The Balaban J connectivity index is 1.83. The van der Waals surface area contributed by atoms with Crippen molar-refractivity contribution in [2.24, 2.45) is 0 Å². The molecule has 2 aliphatic heterocycles. The zero-order chi connectivity index (χ0) is 19.2. The Kier molecular flexibility index (Phi) is 4.29. The highest BCUT2D eigenvalue weighted by Crippen LogP contribution is 2.51. The monoisotopic (exact) mass is 380 g/mol. The molecule has 0 spiro atoms. The summed E-state index contributed by atoms with van der Waals surface area (Å²) in [4.78, 5) is 14.3. The van der Waals surface area contributed by atoms with Crippen LogP contribution in [0.3, 0.4) is 0 Å². The number of nitriles is 1. The molecule has 1 fully saturated rings. The summed E-state index contributed by atoms with van der Waals surface area (Å²) in [5.41, 5.74) is 0.804. The molecule has 1 N–H and O–H groups in total. The smallest absolute Gasteiger partial charge is 0.231 e. The van der Waals surface area contributed by atoms with E-state index in [0.29, 0.717) is 21.7 Å². The van der Waals surface area contributed by atoms with E-state index < -0.39 is 17.5 Å². The molecule has 1 saturated heterocycles. The van der Waals surface area contributed by atoms with E-state index in [2.05, 4.69) is 6.07 Å². The largest absolute Gasteiger partial charge is 0.366 e. The van der Waals surface area contributed by atoms with Crippen LogP contribution in [-0.4, -0.2) is 21.7 Å². The molecule has 0 saturated carbocycles. The van der Waals surface area contributed by atoms with Crippen molar-refractivity contribution in [2.75, 3.05) is 5.75 Å². The SMILES string of the molecule is Cc1ccc([C@]2(O)CSC3=C(C#N)[C@H](c4ccccc4F)CC(=O)N32)cc1. The van der Waals surface area contributed by atoms with Crippen LogP contribution in [0.5, 0.6) is 0 Å². The highest BCUT2D eigenvalue weighted by Gasteiger charge is 2.52. The minimum absolute atomic E-state index is 0.0535. The zero-order valence-corrected chi connectivity index (χ0v) is 15.5. The van der Waals surface area contributed by atoms with E-state index in [9.17, 15) is 19.6 Å². The summed E-state index contributed by atoms with van der Waals surface area (Å²) < 4.78 is 14.3. The maximum atomic E-state index is 14.3. The van der Waals surface area contributed by atoms with Crippen molar-refractivity contribution in [1.29, 1.82) is 5.26 Å². The van der Waals surface area contributed by atoms with Gasteiger partial charge in [-0.3, -0.25) is 9.69 Å². The van der Waals surface area contributed by atoms with Crippen LogP contribution in [0.15, 0.2) is 59.1 Å². The molecule has 0 aliphatic carbocycles. The summed E-state index contributed by atoms with van der Waals surface area (Å²) in [5, 5.41) is 21.5. The predicted molar refractivity (Wildman–Crippen MR) is 101 cm³/mol. The van der Waals surface area contributed by atoms with Crippen LogP contribution in [-0.2, 0) is 10.5 Å². The van der Waals surface area contributed by atoms with Gasteiger partial charge in [0.2, 0.25) is 5.91 Å². The van der Waals surface area contributed by atoms with Crippen molar-refractivity contribution in [2.45, 2.75) is 25.0 Å². The van der Waals surface area contributed by atoms with E-state index in [1.807, 2.05) is 19.1 Å². The van der Waals surface area contributed by atoms with Crippen molar-refractivity contribution in [3.63, 3.8) is 0 Å². The first kappa shape index (κ1) is 17.8. The van der Waals surface area contributed by atoms with Gasteiger partial charge in [0.25, 0.3) is 0 Å². The van der Waals surface area contributed by atoms with E-state index in [-0.39, 0.29) is 18.1 Å². The summed E-state index contributed by atoms with van der Waals surface area (Å²) >= 11 is 1.26. The molecule has 4 rings (SSSR count). The van der Waals surface area contributed by atoms with Gasteiger partial charge in [-0.1, -0.05) is 48.0 Å². The second-order valence-electron chi connectivity index (χ2n) is 6.81. The number of carbonyl (C=O) groups is 1. The number of thioether (sulfide) groups is 1. The van der Waals surface area contributed by atoms with Crippen LogP contribution in [0.2, 0.25) is 0 Å². The van der Waals surface area contributed by atoms with Gasteiger partial charge in [0, 0.05) is 17.9 Å². The first-order valence-electron chi connectivity index (χ1n) is 8.60. The molecule has 2 atom stereocenters. The van der Waals surface area contributed by atoms with Gasteiger partial charge in [-0.2, -0.15) is 5.26 Å². The van der Waals surface area contributed by atoms with Gasteiger partial charge < -0.3 is 5.11 Å². The quantitative estimate of drug-likeness (QED) is 0.861. The van der Waals surface area contributed by atoms with Crippen LogP contribution < -0.4 is 0 Å². The molecule has 2 aromatic carbocycles. The Labute approximate surface area is 160 Å². The molecular formula is C21H17FN2O2S. The fraction of sp³-hybridized carbons (Fsp3) is 0.238. The molecule has 4 nitrogen and oxygen atoms in total. The predicted octanol–water partition coefficient (Wildman–Crippen LogP) is 3.78. The number of benzene rings is 2. The normalized spacial score (nSPS) is 24.7. The lowest BCUT2D eigenvalue weighted by molar-refractivity contribution is -0.149. The number of rotatable bonds is 2. The first-order valence-corrected chi connectivity index (χ1v) is 9.58. The second-order valence-corrected chi connectivity index (χ2v) is 7.77. The third kappa shape index (κ3) is 2.75. The third-order valence-corrected chi connectivity index (χ3v) is 6.33. The van der Waals surface area contributed by atoms with E-state index in [1.54, 1.807) is 30.3 Å². The van der Waals surface area contributed by atoms with Crippen LogP contribution in [0, 0.1) is 24.1 Å². The molecule has 27 heavy (non-hydrogen) atoms. The molecular weight excluding hydrogens is 363 g/mol. The standard InChI is InChI=1S/C21H17FN2O2S/c1-13-6-8-14(9-7-13)21(26)12-27-20-17(11-23)16(10-19(25)24(20)21)15-4-2-3-5-18(15)22/h2-9,16,26H,10,12H2,1H3/t16-,21+/m0/s1. The highest BCUT2D eigenvalue weighted by atomic mass is 32.2. The molecule has 2 heterocycles.